The van der Waals surface area contributed by atoms with Gasteiger partial charge in [0.05, 0.1) is 14.2 Å². The Morgan fingerprint density at radius 2 is 1.56 bits per heavy atom. The minimum Gasteiger partial charge on any atom is -0.468 e. The first-order valence-corrected chi connectivity index (χ1v) is 5.18. The number of ether oxygens (including phenoxy) is 4. The molecule has 0 saturated heterocycles. The van der Waals surface area contributed by atoms with E-state index in [0.717, 1.165) is 0 Å². The highest BCUT2D eigenvalue weighted by Gasteiger charge is 2.49. The Kier molecular flexibility index (Phi) is 7.01. The molecule has 0 radical (unpaired) electrons. The molecule has 0 bridgehead atoms. The highest BCUT2D eigenvalue weighted by Crippen LogP contribution is 2.32. The van der Waals surface area contributed by atoms with E-state index in [1.165, 1.54) is 28.4 Å². The van der Waals surface area contributed by atoms with Crippen molar-refractivity contribution in [2.45, 2.75) is 19.1 Å². The van der Waals surface area contributed by atoms with Gasteiger partial charge in [0, 0.05) is 27.1 Å². The predicted molar refractivity (Wildman–Crippen MR) is 62.3 cm³/mol. The number of rotatable bonds is 7. The molecule has 0 heterocycles. The van der Waals surface area contributed by atoms with Crippen LogP contribution in [0.4, 0.5) is 0 Å². The maximum atomic E-state index is 11.9. The molecular formula is C12H18O6. The van der Waals surface area contributed by atoms with E-state index in [-0.39, 0.29) is 12.8 Å². The van der Waals surface area contributed by atoms with Crippen LogP contribution in [0.1, 0.15) is 12.8 Å². The van der Waals surface area contributed by atoms with Crippen LogP contribution in [0.15, 0.2) is 0 Å². The van der Waals surface area contributed by atoms with Gasteiger partial charge >= 0.3 is 11.9 Å². The third-order valence-corrected chi connectivity index (χ3v) is 2.60. The fourth-order valence-corrected chi connectivity index (χ4v) is 1.58. The number of hydrogen-bond acceptors (Lipinski definition) is 6. The van der Waals surface area contributed by atoms with Crippen molar-refractivity contribution in [3.05, 3.63) is 0 Å². The van der Waals surface area contributed by atoms with Crippen LogP contribution in [-0.4, -0.2) is 46.7 Å². The topological polar surface area (TPSA) is 71.1 Å². The SMILES string of the molecule is C#CCC(CC(OC)OC)(C(=O)OC)C(=O)OC. The second kappa shape index (κ2) is 7.69. The zero-order chi connectivity index (χ0) is 14.2. The lowest BCUT2D eigenvalue weighted by atomic mass is 9.81. The summed E-state index contributed by atoms with van der Waals surface area (Å²) in [7, 11) is 5.13. The van der Waals surface area contributed by atoms with E-state index < -0.39 is 23.6 Å². The van der Waals surface area contributed by atoms with Gasteiger partial charge in [-0.3, -0.25) is 9.59 Å². The molecule has 0 spiro atoms. The third-order valence-electron chi connectivity index (χ3n) is 2.60. The Morgan fingerprint density at radius 1 is 1.11 bits per heavy atom. The van der Waals surface area contributed by atoms with Crippen LogP contribution in [0.5, 0.6) is 0 Å². The molecule has 6 nitrogen and oxygen atoms in total. The maximum absolute atomic E-state index is 11.9. The lowest BCUT2D eigenvalue weighted by molar-refractivity contribution is -0.181. The van der Waals surface area contributed by atoms with E-state index >= 15 is 0 Å². The quantitative estimate of drug-likeness (QED) is 0.284. The van der Waals surface area contributed by atoms with Crippen LogP contribution in [0.3, 0.4) is 0 Å². The summed E-state index contributed by atoms with van der Waals surface area (Å²) in [5.41, 5.74) is -1.62. The lowest BCUT2D eigenvalue weighted by Crippen LogP contribution is -2.44. The third kappa shape index (κ3) is 3.45. The number of carbonyl (C=O) groups is 2. The average Bonchev–Trinajstić information content (AvgIpc) is 2.41. The van der Waals surface area contributed by atoms with E-state index in [2.05, 4.69) is 15.4 Å². The highest BCUT2D eigenvalue weighted by molar-refractivity contribution is 6.00. The molecule has 0 aromatic heterocycles. The van der Waals surface area contributed by atoms with E-state index in [1.807, 2.05) is 0 Å². The number of carbonyl (C=O) groups excluding carboxylic acids is 2. The van der Waals surface area contributed by atoms with E-state index in [4.69, 9.17) is 15.9 Å². The van der Waals surface area contributed by atoms with Crippen LogP contribution in [0, 0.1) is 17.8 Å². The fraction of sp³-hybridized carbons (Fsp3) is 0.667. The first-order valence-electron chi connectivity index (χ1n) is 5.18. The Labute approximate surface area is 107 Å². The Morgan fingerprint density at radius 3 is 1.83 bits per heavy atom. The number of methoxy groups -OCH3 is 4. The number of esters is 2. The van der Waals surface area contributed by atoms with E-state index in [1.54, 1.807) is 0 Å². The molecule has 18 heavy (non-hydrogen) atoms. The molecule has 0 unspecified atom stereocenters. The van der Waals surface area contributed by atoms with Gasteiger partial charge < -0.3 is 18.9 Å². The van der Waals surface area contributed by atoms with Crippen molar-refractivity contribution in [1.82, 2.24) is 0 Å². The Hall–Kier alpha value is -1.58. The zero-order valence-corrected chi connectivity index (χ0v) is 11.0. The molecule has 6 heteroatoms. The summed E-state index contributed by atoms with van der Waals surface area (Å²) in [5, 5.41) is 0. The van der Waals surface area contributed by atoms with Crippen LogP contribution in [0.2, 0.25) is 0 Å². The summed E-state index contributed by atoms with van der Waals surface area (Å²) >= 11 is 0. The molecule has 0 rings (SSSR count). The molecule has 0 fully saturated rings. The fourth-order valence-electron chi connectivity index (χ4n) is 1.58. The molecular weight excluding hydrogens is 240 g/mol. The summed E-state index contributed by atoms with van der Waals surface area (Å²) in [6.07, 6.45) is 4.21. The maximum Gasteiger partial charge on any atom is 0.324 e. The molecule has 0 aliphatic heterocycles. The number of terminal acetylenes is 1. The molecule has 102 valence electrons. The van der Waals surface area contributed by atoms with Gasteiger partial charge in [-0.15, -0.1) is 12.3 Å². The van der Waals surface area contributed by atoms with Crippen LogP contribution in [0.25, 0.3) is 0 Å². The van der Waals surface area contributed by atoms with Gasteiger partial charge in [0.1, 0.15) is 0 Å². The molecule has 0 atom stereocenters. The predicted octanol–water partition coefficient (Wildman–Crippen LogP) is 0.351. The largest absolute Gasteiger partial charge is 0.468 e. The normalized spacial score (nSPS) is 10.9. The van der Waals surface area contributed by atoms with Gasteiger partial charge in [0.25, 0.3) is 0 Å². The molecule has 0 N–H and O–H groups in total. The minimum absolute atomic E-state index is 0.0798. The van der Waals surface area contributed by atoms with Crippen LogP contribution < -0.4 is 0 Å². The molecule has 0 amide bonds. The highest BCUT2D eigenvalue weighted by atomic mass is 16.7. The van der Waals surface area contributed by atoms with Gasteiger partial charge in [0.15, 0.2) is 11.7 Å². The number of hydrogen-bond donors (Lipinski definition) is 0. The van der Waals surface area contributed by atoms with Crippen LogP contribution >= 0.6 is 0 Å². The van der Waals surface area contributed by atoms with Gasteiger partial charge in [0.2, 0.25) is 0 Å². The minimum atomic E-state index is -1.62. The van der Waals surface area contributed by atoms with Gasteiger partial charge in [-0.05, 0) is 0 Å². The standard InChI is InChI=1S/C12H18O6/c1-6-7-12(10(13)17-4,11(14)18-5)8-9(15-2)16-3/h1,9H,7-8H2,2-5H3. The molecule has 0 saturated carbocycles. The smallest absolute Gasteiger partial charge is 0.324 e. The van der Waals surface area contributed by atoms with E-state index in [0.29, 0.717) is 0 Å². The van der Waals surface area contributed by atoms with Crippen molar-refractivity contribution in [3.63, 3.8) is 0 Å². The molecule has 0 aliphatic carbocycles. The van der Waals surface area contributed by atoms with Crippen molar-refractivity contribution in [1.29, 1.82) is 0 Å². The molecule has 0 aliphatic rings. The summed E-state index contributed by atoms with van der Waals surface area (Å²) in [6.45, 7) is 0. The van der Waals surface area contributed by atoms with Gasteiger partial charge in [-0.2, -0.15) is 0 Å². The van der Waals surface area contributed by atoms with Crippen molar-refractivity contribution in [2.24, 2.45) is 5.41 Å². The van der Waals surface area contributed by atoms with Crippen molar-refractivity contribution in [2.75, 3.05) is 28.4 Å². The Balaban J connectivity index is 5.39. The summed E-state index contributed by atoms with van der Waals surface area (Å²) in [6, 6.07) is 0. The summed E-state index contributed by atoms with van der Waals surface area (Å²) in [4.78, 5) is 23.7. The van der Waals surface area contributed by atoms with Crippen LogP contribution in [-0.2, 0) is 28.5 Å². The first kappa shape index (κ1) is 16.4. The zero-order valence-electron chi connectivity index (χ0n) is 11.0. The Bertz CT molecular complexity index is 310. The van der Waals surface area contributed by atoms with Crippen molar-refractivity contribution in [3.8, 4) is 12.3 Å². The van der Waals surface area contributed by atoms with E-state index in [9.17, 15) is 9.59 Å². The first-order chi connectivity index (χ1) is 8.52. The van der Waals surface area contributed by atoms with Crippen molar-refractivity contribution >= 4 is 11.9 Å². The molecule has 0 aromatic rings. The second-order valence-electron chi connectivity index (χ2n) is 3.55. The second-order valence-corrected chi connectivity index (χ2v) is 3.55. The summed E-state index contributed by atoms with van der Waals surface area (Å²) < 4.78 is 19.2. The summed E-state index contributed by atoms with van der Waals surface area (Å²) in [5.74, 6) is 0.736. The molecule has 0 aromatic carbocycles. The van der Waals surface area contributed by atoms with Crippen molar-refractivity contribution < 1.29 is 28.5 Å². The lowest BCUT2D eigenvalue weighted by Gasteiger charge is -2.29. The monoisotopic (exact) mass is 258 g/mol. The van der Waals surface area contributed by atoms with Gasteiger partial charge in [-0.25, -0.2) is 0 Å². The average molecular weight is 258 g/mol. The van der Waals surface area contributed by atoms with Gasteiger partial charge in [-0.1, -0.05) is 0 Å².